The molecule has 160 valence electrons. The van der Waals surface area contributed by atoms with E-state index in [2.05, 4.69) is 32.7 Å². The third kappa shape index (κ3) is 6.45. The van der Waals surface area contributed by atoms with Crippen molar-refractivity contribution in [1.82, 2.24) is 15.5 Å². The number of amides is 2. The number of anilines is 2. The van der Waals surface area contributed by atoms with E-state index in [1.807, 2.05) is 43.3 Å². The Kier molecular flexibility index (Phi) is 8.07. The summed E-state index contributed by atoms with van der Waals surface area (Å²) >= 11 is 1.35. The monoisotopic (exact) mass is 427 g/mol. The summed E-state index contributed by atoms with van der Waals surface area (Å²) in [6.07, 6.45) is 2.81. The zero-order chi connectivity index (χ0) is 21.3. The first-order valence-corrected chi connectivity index (χ1v) is 11.4. The second-order valence-corrected chi connectivity index (χ2v) is 8.50. The van der Waals surface area contributed by atoms with Gasteiger partial charge in [0.05, 0.1) is 11.7 Å². The first-order chi connectivity index (χ1) is 14.5. The molecule has 0 radical (unpaired) electrons. The van der Waals surface area contributed by atoms with Gasteiger partial charge < -0.3 is 15.5 Å². The molecule has 2 heterocycles. The molecule has 1 aliphatic heterocycles. The highest BCUT2D eigenvalue weighted by Gasteiger charge is 2.26. The second kappa shape index (κ2) is 11.0. The zero-order valence-corrected chi connectivity index (χ0v) is 18.4. The molecule has 1 fully saturated rings. The third-order valence-corrected chi connectivity index (χ3v) is 5.90. The van der Waals surface area contributed by atoms with E-state index in [-0.39, 0.29) is 23.5 Å². The van der Waals surface area contributed by atoms with Gasteiger partial charge in [0.1, 0.15) is 5.03 Å². The number of carbonyl (C=O) groups excluding carboxylic acids is 2. The maximum absolute atomic E-state index is 12.3. The highest BCUT2D eigenvalue weighted by atomic mass is 32.2. The van der Waals surface area contributed by atoms with E-state index in [9.17, 15) is 9.59 Å². The second-order valence-electron chi connectivity index (χ2n) is 7.51. The lowest BCUT2D eigenvalue weighted by molar-refractivity contribution is -0.125. The third-order valence-electron chi connectivity index (χ3n) is 4.98. The van der Waals surface area contributed by atoms with Crippen LogP contribution >= 0.6 is 11.8 Å². The fourth-order valence-electron chi connectivity index (χ4n) is 3.32. The van der Waals surface area contributed by atoms with Gasteiger partial charge in [-0.2, -0.15) is 0 Å². The summed E-state index contributed by atoms with van der Waals surface area (Å²) in [7, 11) is 0. The molecular formula is C22H29N5O2S. The van der Waals surface area contributed by atoms with Crippen molar-refractivity contribution in [3.63, 3.8) is 0 Å². The van der Waals surface area contributed by atoms with Crippen molar-refractivity contribution in [2.24, 2.45) is 5.92 Å². The molecule has 0 unspecified atom stereocenters. The predicted molar refractivity (Wildman–Crippen MR) is 121 cm³/mol. The van der Waals surface area contributed by atoms with Crippen LogP contribution < -0.4 is 15.5 Å². The van der Waals surface area contributed by atoms with Crippen LogP contribution in [-0.4, -0.2) is 47.4 Å². The van der Waals surface area contributed by atoms with Crippen LogP contribution in [0.5, 0.6) is 0 Å². The number of aromatic nitrogens is 2. The van der Waals surface area contributed by atoms with Gasteiger partial charge >= 0.3 is 0 Å². The van der Waals surface area contributed by atoms with Gasteiger partial charge in [-0.15, -0.1) is 10.2 Å². The van der Waals surface area contributed by atoms with Crippen molar-refractivity contribution in [3.8, 4) is 0 Å². The highest BCUT2D eigenvalue weighted by Crippen LogP contribution is 2.23. The summed E-state index contributed by atoms with van der Waals surface area (Å²) in [5, 5.41) is 15.1. The Morgan fingerprint density at radius 3 is 2.67 bits per heavy atom. The summed E-state index contributed by atoms with van der Waals surface area (Å²) in [6, 6.07) is 11.5. The maximum Gasteiger partial charge on any atom is 0.234 e. The maximum atomic E-state index is 12.3. The number of rotatable bonds is 8. The van der Waals surface area contributed by atoms with Crippen LogP contribution in [0.3, 0.4) is 0 Å². The van der Waals surface area contributed by atoms with Crippen molar-refractivity contribution in [3.05, 3.63) is 42.0 Å². The standard InChI is InChI=1S/C22H29N5O2S/c1-3-12-23-22(29)17-5-4-13-27(14-17)19-10-11-21(26-25-19)30-15-20(28)24-18-8-6-16(2)7-9-18/h6-11,17H,3-5,12-15H2,1-2H3,(H,23,29)(H,24,28)/t17-/m0/s1. The Hall–Kier alpha value is -2.61. The average molecular weight is 428 g/mol. The van der Waals surface area contributed by atoms with Crippen molar-refractivity contribution in [2.45, 2.75) is 38.1 Å². The minimum Gasteiger partial charge on any atom is -0.356 e. The molecule has 0 bridgehead atoms. The Labute approximate surface area is 182 Å². The van der Waals surface area contributed by atoms with Gasteiger partial charge in [0.2, 0.25) is 11.8 Å². The summed E-state index contributed by atoms with van der Waals surface area (Å²) in [5.41, 5.74) is 1.94. The predicted octanol–water partition coefficient (Wildman–Crippen LogP) is 3.26. The number of hydrogen-bond donors (Lipinski definition) is 2. The molecular weight excluding hydrogens is 398 g/mol. The van der Waals surface area contributed by atoms with Gasteiger partial charge in [-0.1, -0.05) is 36.4 Å². The van der Waals surface area contributed by atoms with Gasteiger partial charge in [-0.25, -0.2) is 0 Å². The van der Waals surface area contributed by atoms with Crippen LogP contribution in [0.2, 0.25) is 0 Å². The van der Waals surface area contributed by atoms with Crippen LogP contribution in [0, 0.1) is 12.8 Å². The number of nitrogens with one attached hydrogen (secondary N) is 2. The molecule has 0 saturated carbocycles. The SMILES string of the molecule is CCCNC(=O)[C@H]1CCCN(c2ccc(SCC(=O)Nc3ccc(C)cc3)nn2)C1. The lowest BCUT2D eigenvalue weighted by atomic mass is 9.97. The Balaban J connectivity index is 1.48. The molecule has 2 N–H and O–H groups in total. The van der Waals surface area contributed by atoms with E-state index in [4.69, 9.17) is 0 Å². The largest absolute Gasteiger partial charge is 0.356 e. The van der Waals surface area contributed by atoms with Crippen LogP contribution in [0.1, 0.15) is 31.7 Å². The molecule has 1 aromatic carbocycles. The van der Waals surface area contributed by atoms with Crippen LogP contribution in [0.4, 0.5) is 11.5 Å². The summed E-state index contributed by atoms with van der Waals surface area (Å²) in [5.74, 6) is 1.08. The van der Waals surface area contributed by atoms with Gasteiger partial charge in [0.25, 0.3) is 0 Å². The minimum atomic E-state index is -0.0771. The number of piperidine rings is 1. The normalized spacial score (nSPS) is 16.2. The number of carbonyl (C=O) groups is 2. The molecule has 1 atom stereocenters. The zero-order valence-electron chi connectivity index (χ0n) is 17.6. The molecule has 0 spiro atoms. The Bertz CT molecular complexity index is 842. The topological polar surface area (TPSA) is 87.2 Å². The number of nitrogens with zero attached hydrogens (tertiary/aromatic N) is 3. The lowest BCUT2D eigenvalue weighted by Gasteiger charge is -2.32. The molecule has 1 saturated heterocycles. The smallest absolute Gasteiger partial charge is 0.234 e. The number of hydrogen-bond acceptors (Lipinski definition) is 6. The average Bonchev–Trinajstić information content (AvgIpc) is 2.78. The Morgan fingerprint density at radius 2 is 1.97 bits per heavy atom. The number of thioether (sulfide) groups is 1. The van der Waals surface area contributed by atoms with E-state index < -0.39 is 0 Å². The van der Waals surface area contributed by atoms with Crippen LogP contribution in [-0.2, 0) is 9.59 Å². The van der Waals surface area contributed by atoms with Crippen molar-refractivity contribution in [1.29, 1.82) is 0 Å². The van der Waals surface area contributed by atoms with Gasteiger partial charge in [-0.3, -0.25) is 9.59 Å². The van der Waals surface area contributed by atoms with E-state index >= 15 is 0 Å². The van der Waals surface area contributed by atoms with Crippen molar-refractivity contribution < 1.29 is 9.59 Å². The first kappa shape index (κ1) is 22.1. The van der Waals surface area contributed by atoms with E-state index in [1.165, 1.54) is 11.8 Å². The first-order valence-electron chi connectivity index (χ1n) is 10.4. The quantitative estimate of drug-likeness (QED) is 0.629. The Morgan fingerprint density at radius 1 is 1.17 bits per heavy atom. The number of benzene rings is 1. The molecule has 1 aliphatic rings. The lowest BCUT2D eigenvalue weighted by Crippen LogP contribution is -2.43. The van der Waals surface area contributed by atoms with E-state index in [0.717, 1.165) is 49.4 Å². The van der Waals surface area contributed by atoms with Gasteiger partial charge in [-0.05, 0) is 50.5 Å². The van der Waals surface area contributed by atoms with Crippen molar-refractivity contribution in [2.75, 3.05) is 35.6 Å². The molecule has 8 heteroatoms. The summed E-state index contributed by atoms with van der Waals surface area (Å²) < 4.78 is 0. The molecule has 0 aliphatic carbocycles. The molecule has 7 nitrogen and oxygen atoms in total. The highest BCUT2D eigenvalue weighted by molar-refractivity contribution is 7.99. The summed E-state index contributed by atoms with van der Waals surface area (Å²) in [4.78, 5) is 26.5. The van der Waals surface area contributed by atoms with Crippen molar-refractivity contribution >= 4 is 35.1 Å². The van der Waals surface area contributed by atoms with E-state index in [0.29, 0.717) is 11.6 Å². The fraction of sp³-hybridized carbons (Fsp3) is 0.455. The fourth-order valence-corrected chi connectivity index (χ4v) is 3.94. The van der Waals surface area contributed by atoms with E-state index in [1.54, 1.807) is 0 Å². The molecule has 1 aromatic heterocycles. The summed E-state index contributed by atoms with van der Waals surface area (Å²) in [6.45, 7) is 6.32. The molecule has 2 amide bonds. The number of aryl methyl sites for hydroxylation is 1. The minimum absolute atomic E-state index is 0.00776. The van der Waals surface area contributed by atoms with Crippen LogP contribution in [0.15, 0.2) is 41.4 Å². The van der Waals surface area contributed by atoms with Crippen LogP contribution in [0.25, 0.3) is 0 Å². The van der Waals surface area contributed by atoms with Gasteiger partial charge in [0.15, 0.2) is 5.82 Å². The molecule has 2 aromatic rings. The molecule has 3 rings (SSSR count). The molecule has 30 heavy (non-hydrogen) atoms. The van der Waals surface area contributed by atoms with Gasteiger partial charge in [0, 0.05) is 25.3 Å².